The van der Waals surface area contributed by atoms with Crippen LogP contribution in [0, 0.1) is 5.92 Å². The van der Waals surface area contributed by atoms with Crippen molar-refractivity contribution in [1.29, 1.82) is 0 Å². The molecule has 0 amide bonds. The fourth-order valence-corrected chi connectivity index (χ4v) is 4.00. The van der Waals surface area contributed by atoms with Crippen molar-refractivity contribution in [2.24, 2.45) is 5.92 Å². The van der Waals surface area contributed by atoms with Crippen LogP contribution in [0.2, 0.25) is 0 Å². The molecule has 2 N–H and O–H groups in total. The molecule has 2 heteroatoms. The SMILES string of the molecule is CCC1=C[C@H]2C[C@@H](C1)Cc1nc3ccccc3c(N)c12. The highest BCUT2D eigenvalue weighted by Gasteiger charge is 2.32. The summed E-state index contributed by atoms with van der Waals surface area (Å²) in [6, 6.07) is 8.26. The second kappa shape index (κ2) is 4.34. The summed E-state index contributed by atoms with van der Waals surface area (Å²) in [5.74, 6) is 1.25. The minimum atomic E-state index is 0.490. The van der Waals surface area contributed by atoms with Crippen molar-refractivity contribution >= 4 is 16.6 Å². The van der Waals surface area contributed by atoms with E-state index in [0.717, 1.165) is 28.9 Å². The Balaban J connectivity index is 1.96. The number of nitrogens with zero attached hydrogens (tertiary/aromatic N) is 1. The molecule has 2 aliphatic carbocycles. The van der Waals surface area contributed by atoms with Crippen LogP contribution in [-0.4, -0.2) is 4.98 Å². The van der Waals surface area contributed by atoms with E-state index in [1.54, 1.807) is 5.57 Å². The van der Waals surface area contributed by atoms with E-state index in [4.69, 9.17) is 10.7 Å². The van der Waals surface area contributed by atoms with Crippen LogP contribution in [0.5, 0.6) is 0 Å². The molecule has 0 saturated heterocycles. The lowest BCUT2D eigenvalue weighted by molar-refractivity contribution is 0.399. The molecular formula is C18H20N2. The summed E-state index contributed by atoms with van der Waals surface area (Å²) in [7, 11) is 0. The summed E-state index contributed by atoms with van der Waals surface area (Å²) in [5.41, 5.74) is 12.7. The highest BCUT2D eigenvalue weighted by molar-refractivity contribution is 5.92. The summed E-state index contributed by atoms with van der Waals surface area (Å²) in [5, 5.41) is 1.11. The van der Waals surface area contributed by atoms with Crippen molar-refractivity contribution in [1.82, 2.24) is 4.98 Å². The van der Waals surface area contributed by atoms with E-state index in [1.807, 2.05) is 12.1 Å². The number of hydrogen-bond donors (Lipinski definition) is 1. The Bertz CT molecular complexity index is 715. The second-order valence-electron chi connectivity index (χ2n) is 6.20. The zero-order valence-electron chi connectivity index (χ0n) is 11.9. The van der Waals surface area contributed by atoms with Crippen LogP contribution in [0.1, 0.15) is 43.4 Å². The van der Waals surface area contributed by atoms with Gasteiger partial charge in [0, 0.05) is 28.2 Å². The summed E-state index contributed by atoms with van der Waals surface area (Å²) < 4.78 is 0. The molecule has 2 bridgehead atoms. The third-order valence-electron chi connectivity index (χ3n) is 4.93. The maximum atomic E-state index is 6.49. The maximum absolute atomic E-state index is 6.49. The molecule has 2 aliphatic rings. The quantitative estimate of drug-likeness (QED) is 0.784. The Hall–Kier alpha value is -1.83. The Morgan fingerprint density at radius 3 is 2.95 bits per heavy atom. The Morgan fingerprint density at radius 2 is 2.10 bits per heavy atom. The van der Waals surface area contributed by atoms with Gasteiger partial charge in [0.2, 0.25) is 0 Å². The zero-order chi connectivity index (χ0) is 13.7. The predicted molar refractivity (Wildman–Crippen MR) is 83.7 cm³/mol. The molecule has 1 aromatic heterocycles. The number of allylic oxidation sites excluding steroid dienone is 2. The second-order valence-corrected chi connectivity index (χ2v) is 6.20. The van der Waals surface area contributed by atoms with E-state index >= 15 is 0 Å². The number of pyridine rings is 1. The van der Waals surface area contributed by atoms with E-state index < -0.39 is 0 Å². The number of aromatic nitrogens is 1. The largest absolute Gasteiger partial charge is 0.398 e. The summed E-state index contributed by atoms with van der Waals surface area (Å²) in [6.07, 6.45) is 7.23. The Morgan fingerprint density at radius 1 is 1.25 bits per heavy atom. The standard InChI is InChI=1S/C18H20N2/c1-2-11-7-12-9-13(8-11)17-16(10-12)20-15-6-4-3-5-14(15)18(17)19/h3-6,8,12-13H,2,7,9-10H2,1H3,(H2,19,20)/t12-,13+/m1/s1. The van der Waals surface area contributed by atoms with Gasteiger partial charge in [0.1, 0.15) is 0 Å². The van der Waals surface area contributed by atoms with Gasteiger partial charge in [0.25, 0.3) is 0 Å². The smallest absolute Gasteiger partial charge is 0.0726 e. The van der Waals surface area contributed by atoms with E-state index in [1.165, 1.54) is 30.5 Å². The fraction of sp³-hybridized carbons (Fsp3) is 0.389. The van der Waals surface area contributed by atoms with Gasteiger partial charge in [-0.15, -0.1) is 0 Å². The highest BCUT2D eigenvalue weighted by atomic mass is 14.7. The minimum Gasteiger partial charge on any atom is -0.398 e. The number of fused-ring (bicyclic) bond motifs is 5. The van der Waals surface area contributed by atoms with Gasteiger partial charge in [0.15, 0.2) is 0 Å². The molecule has 2 nitrogen and oxygen atoms in total. The van der Waals surface area contributed by atoms with Gasteiger partial charge in [-0.3, -0.25) is 4.98 Å². The van der Waals surface area contributed by atoms with Gasteiger partial charge in [0.05, 0.1) is 5.52 Å². The van der Waals surface area contributed by atoms with Crippen LogP contribution in [0.3, 0.4) is 0 Å². The molecule has 2 atom stereocenters. The first-order valence-electron chi connectivity index (χ1n) is 7.62. The average Bonchev–Trinajstić information content (AvgIpc) is 2.46. The number of para-hydroxylation sites is 1. The number of nitrogen functional groups attached to an aromatic ring is 1. The molecule has 0 saturated carbocycles. The van der Waals surface area contributed by atoms with Crippen molar-refractivity contribution < 1.29 is 0 Å². The third-order valence-corrected chi connectivity index (χ3v) is 4.93. The monoisotopic (exact) mass is 264 g/mol. The summed E-state index contributed by atoms with van der Waals surface area (Å²) in [4.78, 5) is 4.90. The van der Waals surface area contributed by atoms with Crippen molar-refractivity contribution in [2.75, 3.05) is 5.73 Å². The van der Waals surface area contributed by atoms with Crippen LogP contribution in [0.25, 0.3) is 10.9 Å². The van der Waals surface area contributed by atoms with E-state index in [9.17, 15) is 0 Å². The minimum absolute atomic E-state index is 0.490. The zero-order valence-corrected chi connectivity index (χ0v) is 11.9. The molecule has 20 heavy (non-hydrogen) atoms. The first-order chi connectivity index (χ1) is 9.76. The summed E-state index contributed by atoms with van der Waals surface area (Å²) >= 11 is 0. The Kier molecular flexibility index (Phi) is 2.59. The third kappa shape index (κ3) is 1.67. The number of anilines is 1. The van der Waals surface area contributed by atoms with Crippen LogP contribution >= 0.6 is 0 Å². The number of rotatable bonds is 1. The molecule has 0 spiro atoms. The first-order valence-corrected chi connectivity index (χ1v) is 7.62. The van der Waals surface area contributed by atoms with Gasteiger partial charge in [-0.25, -0.2) is 0 Å². The molecule has 2 aromatic rings. The van der Waals surface area contributed by atoms with Crippen molar-refractivity contribution in [3.05, 3.63) is 47.2 Å². The van der Waals surface area contributed by atoms with E-state index in [-0.39, 0.29) is 0 Å². The lowest BCUT2D eigenvalue weighted by Crippen LogP contribution is -2.24. The van der Waals surface area contributed by atoms with E-state index in [0.29, 0.717) is 5.92 Å². The molecule has 0 fully saturated rings. The molecule has 0 unspecified atom stereocenters. The fourth-order valence-electron chi connectivity index (χ4n) is 4.00. The lowest BCUT2D eigenvalue weighted by atomic mass is 9.71. The molecule has 0 aliphatic heterocycles. The van der Waals surface area contributed by atoms with Crippen LogP contribution < -0.4 is 5.73 Å². The van der Waals surface area contributed by atoms with Crippen molar-refractivity contribution in [3.8, 4) is 0 Å². The molecule has 1 heterocycles. The highest BCUT2D eigenvalue weighted by Crippen LogP contribution is 2.46. The molecule has 102 valence electrons. The average molecular weight is 264 g/mol. The lowest BCUT2D eigenvalue weighted by Gasteiger charge is -2.35. The van der Waals surface area contributed by atoms with Gasteiger partial charge in [-0.2, -0.15) is 0 Å². The van der Waals surface area contributed by atoms with Crippen LogP contribution in [0.4, 0.5) is 5.69 Å². The molecular weight excluding hydrogens is 244 g/mol. The van der Waals surface area contributed by atoms with Gasteiger partial charge in [-0.05, 0) is 37.7 Å². The first kappa shape index (κ1) is 12.0. The predicted octanol–water partition coefficient (Wildman–Crippen LogP) is 4.20. The van der Waals surface area contributed by atoms with Crippen LogP contribution in [-0.2, 0) is 6.42 Å². The molecule has 1 aromatic carbocycles. The Labute approximate surface area is 119 Å². The number of hydrogen-bond acceptors (Lipinski definition) is 2. The van der Waals surface area contributed by atoms with Gasteiger partial charge >= 0.3 is 0 Å². The topological polar surface area (TPSA) is 38.9 Å². The number of benzene rings is 1. The van der Waals surface area contributed by atoms with Gasteiger partial charge in [-0.1, -0.05) is 36.8 Å². The number of nitrogens with two attached hydrogens (primary N) is 1. The molecule has 4 rings (SSSR count). The summed E-state index contributed by atoms with van der Waals surface area (Å²) in [6.45, 7) is 2.26. The maximum Gasteiger partial charge on any atom is 0.0726 e. The van der Waals surface area contributed by atoms with Crippen LogP contribution in [0.15, 0.2) is 35.9 Å². The molecule has 0 radical (unpaired) electrons. The van der Waals surface area contributed by atoms with Gasteiger partial charge < -0.3 is 5.73 Å². The normalized spacial score (nSPS) is 24.4. The van der Waals surface area contributed by atoms with Crippen molar-refractivity contribution in [2.45, 2.75) is 38.5 Å². The van der Waals surface area contributed by atoms with Crippen molar-refractivity contribution in [3.63, 3.8) is 0 Å². The van der Waals surface area contributed by atoms with E-state index in [2.05, 4.69) is 25.1 Å².